The summed E-state index contributed by atoms with van der Waals surface area (Å²) in [4.78, 5) is 27.7. The lowest BCUT2D eigenvalue weighted by Crippen LogP contribution is -2.37. The highest BCUT2D eigenvalue weighted by Gasteiger charge is 2.34. The predicted molar refractivity (Wildman–Crippen MR) is 121 cm³/mol. The molecule has 2 aromatic rings. The van der Waals surface area contributed by atoms with Crippen LogP contribution in [0.15, 0.2) is 24.4 Å². The lowest BCUT2D eigenvalue weighted by molar-refractivity contribution is 0.0507. The van der Waals surface area contributed by atoms with Crippen molar-refractivity contribution < 1.29 is 28.6 Å². The summed E-state index contributed by atoms with van der Waals surface area (Å²) < 4.78 is 26.7. The van der Waals surface area contributed by atoms with Crippen LogP contribution >= 0.6 is 0 Å². The molecule has 1 amide bonds. The van der Waals surface area contributed by atoms with Crippen LogP contribution in [0.5, 0.6) is 0 Å². The van der Waals surface area contributed by atoms with Crippen LogP contribution < -0.4 is 9.80 Å². The van der Waals surface area contributed by atoms with E-state index in [-0.39, 0.29) is 37.9 Å². The third-order valence-electron chi connectivity index (χ3n) is 6.41. The number of piperidine rings is 1. The number of amides is 1. The van der Waals surface area contributed by atoms with Crippen molar-refractivity contribution in [1.82, 2.24) is 15.0 Å². The molecule has 11 nitrogen and oxygen atoms in total. The van der Waals surface area contributed by atoms with Crippen LogP contribution in [-0.4, -0.2) is 71.1 Å². The van der Waals surface area contributed by atoms with E-state index in [0.29, 0.717) is 37.3 Å². The number of aromatic nitrogens is 3. The van der Waals surface area contributed by atoms with Crippen LogP contribution in [-0.2, 0) is 16.0 Å². The molecule has 0 saturated carbocycles. The first kappa shape index (κ1) is 24.4. The third-order valence-corrected chi connectivity index (χ3v) is 6.41. The number of carbonyl (C=O) groups is 2. The Bertz CT molecular complexity index is 1110. The zero-order valence-corrected chi connectivity index (χ0v) is 19.3. The summed E-state index contributed by atoms with van der Waals surface area (Å²) in [5, 5.41) is 26.1. The Labute approximate surface area is 201 Å². The summed E-state index contributed by atoms with van der Waals surface area (Å²) in [5.41, 5.74) is 0.943. The van der Waals surface area contributed by atoms with Crippen LogP contribution in [0.25, 0.3) is 0 Å². The van der Waals surface area contributed by atoms with Crippen molar-refractivity contribution in [2.75, 3.05) is 42.6 Å². The Morgan fingerprint density at radius 3 is 2.83 bits per heavy atom. The molecule has 1 N–H and O–H groups in total. The van der Waals surface area contributed by atoms with Crippen LogP contribution in [0.1, 0.15) is 30.3 Å². The zero-order valence-electron chi connectivity index (χ0n) is 19.3. The highest BCUT2D eigenvalue weighted by molar-refractivity contribution is 5.90. The number of nitrogens with zero attached hydrogens (tertiary/aromatic N) is 6. The molecule has 12 heteroatoms. The van der Waals surface area contributed by atoms with E-state index in [1.165, 1.54) is 21.8 Å². The standard InChI is InChI=1S/C23H27FN6O5/c1-2-34-22(32)21-11-26-27-30(21)13-18-12-29(23(33)35-18)17-3-4-20(19(24)9-17)28-7-5-15(6-8-28)16(10-25)14-31/h3-4,9,11,15-16,18,31H,2,5-8,12-14H2,1H3/t16?,18-/m0/s1. The van der Waals surface area contributed by atoms with E-state index in [1.54, 1.807) is 19.1 Å². The van der Waals surface area contributed by atoms with Crippen LogP contribution in [0, 0.1) is 29.0 Å². The Kier molecular flexibility index (Phi) is 7.45. The van der Waals surface area contributed by atoms with Gasteiger partial charge >= 0.3 is 12.1 Å². The van der Waals surface area contributed by atoms with Gasteiger partial charge in [-0.15, -0.1) is 5.10 Å². The van der Waals surface area contributed by atoms with Gasteiger partial charge in [0.2, 0.25) is 0 Å². The molecule has 2 atom stereocenters. The van der Waals surface area contributed by atoms with Crippen molar-refractivity contribution >= 4 is 23.4 Å². The van der Waals surface area contributed by atoms with Gasteiger partial charge in [0.15, 0.2) is 5.69 Å². The normalized spacial score (nSPS) is 19.4. The van der Waals surface area contributed by atoms with Gasteiger partial charge in [0.25, 0.3) is 0 Å². The maximum Gasteiger partial charge on any atom is 0.414 e. The third kappa shape index (κ3) is 5.19. The zero-order chi connectivity index (χ0) is 24.9. The summed E-state index contributed by atoms with van der Waals surface area (Å²) in [7, 11) is 0. The SMILES string of the molecule is CCOC(=O)c1cnnn1C[C@@H]1CN(c2ccc(N3CCC(C(C#N)CO)CC3)c(F)c2)C(=O)O1. The number of aliphatic hydroxyl groups excluding tert-OH is 1. The summed E-state index contributed by atoms with van der Waals surface area (Å²) in [6.07, 6.45) is 1.44. The number of esters is 1. The Morgan fingerprint density at radius 1 is 1.40 bits per heavy atom. The summed E-state index contributed by atoms with van der Waals surface area (Å²) >= 11 is 0. The maximum absolute atomic E-state index is 15.0. The highest BCUT2D eigenvalue weighted by Crippen LogP contribution is 2.32. The second kappa shape index (κ2) is 10.7. The lowest BCUT2D eigenvalue weighted by atomic mass is 9.85. The second-order valence-electron chi connectivity index (χ2n) is 8.52. The van der Waals surface area contributed by atoms with Gasteiger partial charge in [-0.05, 0) is 43.9 Å². The van der Waals surface area contributed by atoms with E-state index in [1.807, 2.05) is 4.90 Å². The number of aliphatic hydroxyl groups is 1. The first-order chi connectivity index (χ1) is 16.9. The molecular formula is C23H27FN6O5. The van der Waals surface area contributed by atoms with E-state index in [0.717, 1.165) is 0 Å². The number of ether oxygens (including phenoxy) is 2. The Hall–Kier alpha value is -3.72. The molecule has 3 heterocycles. The molecule has 1 aromatic carbocycles. The number of carbonyl (C=O) groups excluding carboxylic acids is 2. The quantitative estimate of drug-likeness (QED) is 0.556. The number of nitriles is 1. The number of rotatable bonds is 8. The number of cyclic esters (lactones) is 1. The minimum absolute atomic E-state index is 0.0919. The smallest absolute Gasteiger partial charge is 0.414 e. The fraction of sp³-hybridized carbons (Fsp3) is 0.522. The molecule has 1 aromatic heterocycles. The highest BCUT2D eigenvalue weighted by atomic mass is 19.1. The molecule has 2 fully saturated rings. The van der Waals surface area contributed by atoms with Crippen molar-refractivity contribution in [1.29, 1.82) is 5.26 Å². The van der Waals surface area contributed by atoms with E-state index in [4.69, 9.17) is 14.7 Å². The van der Waals surface area contributed by atoms with Gasteiger partial charge in [0.05, 0.1) is 55.9 Å². The predicted octanol–water partition coefficient (Wildman–Crippen LogP) is 1.97. The topological polar surface area (TPSA) is 134 Å². The maximum atomic E-state index is 15.0. The number of hydrogen-bond donors (Lipinski definition) is 1. The summed E-state index contributed by atoms with van der Waals surface area (Å²) in [5.74, 6) is -1.34. The first-order valence-corrected chi connectivity index (χ1v) is 11.5. The van der Waals surface area contributed by atoms with Crippen molar-refractivity contribution in [2.24, 2.45) is 11.8 Å². The second-order valence-corrected chi connectivity index (χ2v) is 8.52. The molecular weight excluding hydrogens is 459 g/mol. The first-order valence-electron chi connectivity index (χ1n) is 11.5. The minimum atomic E-state index is -0.618. The summed E-state index contributed by atoms with van der Waals surface area (Å²) in [6.45, 7) is 3.14. The van der Waals surface area contributed by atoms with Crippen molar-refractivity contribution in [3.8, 4) is 6.07 Å². The molecule has 2 aliphatic rings. The minimum Gasteiger partial charge on any atom is -0.461 e. The molecule has 4 rings (SSSR count). The van der Waals surface area contributed by atoms with Gasteiger partial charge in [-0.3, -0.25) is 4.90 Å². The largest absolute Gasteiger partial charge is 0.461 e. The average Bonchev–Trinajstić information content (AvgIpc) is 3.47. The number of hydrogen-bond acceptors (Lipinski definition) is 9. The molecule has 2 saturated heterocycles. The van der Waals surface area contributed by atoms with Crippen LogP contribution in [0.3, 0.4) is 0 Å². The molecule has 186 valence electrons. The van der Waals surface area contributed by atoms with Gasteiger partial charge in [-0.1, -0.05) is 5.21 Å². The summed E-state index contributed by atoms with van der Waals surface area (Å²) in [6, 6.07) is 6.74. The fourth-order valence-electron chi connectivity index (χ4n) is 4.53. The monoisotopic (exact) mass is 486 g/mol. The van der Waals surface area contributed by atoms with Crippen LogP contribution in [0.4, 0.5) is 20.6 Å². The average molecular weight is 487 g/mol. The van der Waals surface area contributed by atoms with Gasteiger partial charge in [0, 0.05) is 13.1 Å². The van der Waals surface area contributed by atoms with Crippen molar-refractivity contribution in [3.63, 3.8) is 0 Å². The Balaban J connectivity index is 1.40. The molecule has 1 unspecified atom stereocenters. The molecule has 0 bridgehead atoms. The van der Waals surface area contributed by atoms with Crippen molar-refractivity contribution in [3.05, 3.63) is 35.9 Å². The van der Waals surface area contributed by atoms with E-state index < -0.39 is 29.9 Å². The number of halogens is 1. The Morgan fingerprint density at radius 2 is 2.17 bits per heavy atom. The molecule has 0 spiro atoms. The lowest BCUT2D eigenvalue weighted by Gasteiger charge is -2.35. The van der Waals surface area contributed by atoms with E-state index in [9.17, 15) is 14.7 Å². The molecule has 0 radical (unpaired) electrons. The van der Waals surface area contributed by atoms with Crippen LogP contribution in [0.2, 0.25) is 0 Å². The van der Waals surface area contributed by atoms with Crippen molar-refractivity contribution in [2.45, 2.75) is 32.4 Å². The van der Waals surface area contributed by atoms with Gasteiger partial charge in [-0.25, -0.2) is 18.7 Å². The van der Waals surface area contributed by atoms with E-state index >= 15 is 4.39 Å². The number of benzene rings is 1. The fourth-order valence-corrected chi connectivity index (χ4v) is 4.53. The van der Waals surface area contributed by atoms with E-state index in [2.05, 4.69) is 16.4 Å². The van der Waals surface area contributed by atoms with Gasteiger partial charge in [-0.2, -0.15) is 5.26 Å². The number of anilines is 2. The van der Waals surface area contributed by atoms with Gasteiger partial charge < -0.3 is 19.5 Å². The molecule has 0 aliphatic carbocycles. The molecule has 35 heavy (non-hydrogen) atoms. The van der Waals surface area contributed by atoms with Gasteiger partial charge in [0.1, 0.15) is 11.9 Å². The molecule has 2 aliphatic heterocycles.